The first-order chi connectivity index (χ1) is 6.61. The molecule has 0 N–H and O–H groups in total. The molecule has 80 valence electrons. The minimum atomic E-state index is 0. The summed E-state index contributed by atoms with van der Waals surface area (Å²) in [5, 5.41) is 0. The van der Waals surface area contributed by atoms with E-state index in [4.69, 9.17) is 0 Å². The molecule has 0 aromatic carbocycles. The molecule has 2 aliphatic carbocycles. The molecule has 0 aromatic rings. The van der Waals surface area contributed by atoms with E-state index in [2.05, 4.69) is 51.2 Å². The average Bonchev–Trinajstić information content (AvgIpc) is 2.80. The molecule has 0 radical (unpaired) electrons. The Morgan fingerprint density at radius 3 is 2.07 bits per heavy atom. The average molecular weight is 365 g/mol. The van der Waals surface area contributed by atoms with Crippen molar-refractivity contribution in [3.05, 3.63) is 48.1 Å². The number of rotatable bonds is 0. The summed E-state index contributed by atoms with van der Waals surface area (Å²) < 4.78 is 0. The van der Waals surface area contributed by atoms with Crippen molar-refractivity contribution in [1.29, 1.82) is 0 Å². The van der Waals surface area contributed by atoms with Crippen molar-refractivity contribution in [3.8, 4) is 0 Å². The van der Waals surface area contributed by atoms with E-state index in [0.29, 0.717) is 5.41 Å². The topological polar surface area (TPSA) is 0 Å². The van der Waals surface area contributed by atoms with E-state index in [-0.39, 0.29) is 25.8 Å². The maximum atomic E-state index is 3.30. The third-order valence-electron chi connectivity index (χ3n) is 2.09. The fraction of sp³-hybridized carbons (Fsp3) is 0.429. The van der Waals surface area contributed by atoms with E-state index in [0.717, 1.165) is 12.8 Å². The third-order valence-corrected chi connectivity index (χ3v) is 2.09. The minimum Gasteiger partial charge on any atom is -0.273 e. The Morgan fingerprint density at radius 2 is 1.87 bits per heavy atom. The van der Waals surface area contributed by atoms with Crippen LogP contribution in [0.1, 0.15) is 33.6 Å². The van der Waals surface area contributed by atoms with Gasteiger partial charge < -0.3 is 0 Å². The molecule has 15 heavy (non-hydrogen) atoms. The Labute approximate surface area is 113 Å². The molecule has 0 saturated carbocycles. The summed E-state index contributed by atoms with van der Waals surface area (Å²) in [6, 6.07) is 0. The van der Waals surface area contributed by atoms with E-state index >= 15 is 0 Å². The van der Waals surface area contributed by atoms with Gasteiger partial charge in [-0.15, -0.1) is 12.8 Å². The monoisotopic (exact) mass is 366 g/mol. The second-order valence-corrected chi connectivity index (χ2v) is 4.45. The summed E-state index contributed by atoms with van der Waals surface area (Å²) in [5.41, 5.74) is 1.65. The molecule has 2 aliphatic rings. The van der Waals surface area contributed by atoms with Crippen LogP contribution in [0.25, 0.3) is 0 Å². The molecule has 0 aliphatic heterocycles. The van der Waals surface area contributed by atoms with Crippen LogP contribution < -0.4 is 0 Å². The Bertz CT molecular complexity index is 275. The quantitative estimate of drug-likeness (QED) is 0.450. The molecule has 2 rings (SSSR count). The van der Waals surface area contributed by atoms with Gasteiger partial charge in [0.05, 0.1) is 0 Å². The molecule has 0 amide bonds. The van der Waals surface area contributed by atoms with Crippen LogP contribution in [0.3, 0.4) is 0 Å². The molecular formula is C14H18Hf-2. The molecule has 0 atom stereocenters. The summed E-state index contributed by atoms with van der Waals surface area (Å²) >= 11 is 0. The van der Waals surface area contributed by atoms with Crippen LogP contribution in [-0.2, 0) is 25.8 Å². The van der Waals surface area contributed by atoms with Gasteiger partial charge in [0.1, 0.15) is 0 Å². The van der Waals surface area contributed by atoms with Crippen LogP contribution in [0.5, 0.6) is 0 Å². The molecule has 0 aromatic heterocycles. The van der Waals surface area contributed by atoms with Gasteiger partial charge in [-0.1, -0.05) is 20.8 Å². The summed E-state index contributed by atoms with van der Waals surface area (Å²) in [7, 11) is 0. The van der Waals surface area contributed by atoms with E-state index in [1.807, 2.05) is 12.2 Å². The smallest absolute Gasteiger partial charge is 0 e. The Balaban J connectivity index is 0.000000280. The Hall–Kier alpha value is -0.170. The van der Waals surface area contributed by atoms with E-state index in [9.17, 15) is 0 Å². The SMILES string of the molecule is CC(C)(C)C1=[C-]CC=C1.[C-]1=CC=CC1.[Hf]. The molecule has 1 heteroatoms. The number of hydrogen-bond donors (Lipinski definition) is 0. The standard InChI is InChI=1S/C9H13.C5H5.Hf/c1-9(2,3)8-6-4-5-7-8;1-2-4-5-3-1;/h4,6H,5H2,1-3H3;1-3H,4H2;/q2*-1;. The summed E-state index contributed by atoms with van der Waals surface area (Å²) in [5.74, 6) is 0. The van der Waals surface area contributed by atoms with Crippen LogP contribution in [0.2, 0.25) is 0 Å². The first-order valence-electron chi connectivity index (χ1n) is 5.10. The zero-order valence-electron chi connectivity index (χ0n) is 9.80. The van der Waals surface area contributed by atoms with Gasteiger partial charge in [0.25, 0.3) is 0 Å². The largest absolute Gasteiger partial charge is 0.273 e. The van der Waals surface area contributed by atoms with Crippen LogP contribution in [0.4, 0.5) is 0 Å². The predicted molar refractivity (Wildman–Crippen MR) is 61.5 cm³/mol. The normalized spacial score (nSPS) is 16.9. The minimum absolute atomic E-state index is 0. The second-order valence-electron chi connectivity index (χ2n) is 4.45. The molecule has 0 heterocycles. The second kappa shape index (κ2) is 7.16. The molecular weight excluding hydrogens is 347 g/mol. The van der Waals surface area contributed by atoms with Crippen molar-refractivity contribution in [2.75, 3.05) is 0 Å². The first-order valence-corrected chi connectivity index (χ1v) is 5.10. The van der Waals surface area contributed by atoms with Crippen molar-refractivity contribution in [3.63, 3.8) is 0 Å². The predicted octanol–water partition coefficient (Wildman–Crippen LogP) is 4.03. The van der Waals surface area contributed by atoms with Gasteiger partial charge in [-0.05, 0) is 5.41 Å². The van der Waals surface area contributed by atoms with Crippen molar-refractivity contribution in [1.82, 2.24) is 0 Å². The van der Waals surface area contributed by atoms with Gasteiger partial charge in [-0.2, -0.15) is 12.2 Å². The van der Waals surface area contributed by atoms with Crippen LogP contribution in [-0.4, -0.2) is 0 Å². The summed E-state index contributed by atoms with van der Waals surface area (Å²) in [4.78, 5) is 0. The fourth-order valence-electron chi connectivity index (χ4n) is 1.26. The molecule has 0 bridgehead atoms. The third kappa shape index (κ3) is 6.09. The molecule has 0 saturated heterocycles. The van der Waals surface area contributed by atoms with Gasteiger partial charge in [-0.3, -0.25) is 12.2 Å². The molecule has 0 fully saturated rings. The fourth-order valence-corrected chi connectivity index (χ4v) is 1.26. The Kier molecular flexibility index (Phi) is 7.08. The maximum Gasteiger partial charge on any atom is 0 e. The van der Waals surface area contributed by atoms with E-state index in [1.165, 1.54) is 5.57 Å². The van der Waals surface area contributed by atoms with E-state index in [1.54, 1.807) is 0 Å². The van der Waals surface area contributed by atoms with Crippen molar-refractivity contribution in [2.24, 2.45) is 5.41 Å². The molecule has 0 nitrogen and oxygen atoms in total. The molecule has 0 unspecified atom stereocenters. The van der Waals surface area contributed by atoms with Crippen molar-refractivity contribution < 1.29 is 25.8 Å². The van der Waals surface area contributed by atoms with Gasteiger partial charge >= 0.3 is 0 Å². The van der Waals surface area contributed by atoms with Crippen LogP contribution in [0.15, 0.2) is 36.0 Å². The van der Waals surface area contributed by atoms with E-state index < -0.39 is 0 Å². The molecule has 0 spiro atoms. The Morgan fingerprint density at radius 1 is 1.13 bits per heavy atom. The first kappa shape index (κ1) is 14.8. The zero-order valence-corrected chi connectivity index (χ0v) is 13.4. The van der Waals surface area contributed by atoms with Gasteiger partial charge in [-0.25, -0.2) is 23.8 Å². The number of allylic oxidation sites excluding steroid dienone is 8. The van der Waals surface area contributed by atoms with Crippen LogP contribution >= 0.6 is 0 Å². The zero-order chi connectivity index (χ0) is 10.4. The van der Waals surface area contributed by atoms with Gasteiger partial charge in [0.15, 0.2) is 0 Å². The summed E-state index contributed by atoms with van der Waals surface area (Å²) in [6.07, 6.45) is 18.6. The van der Waals surface area contributed by atoms with Gasteiger partial charge in [0, 0.05) is 25.8 Å². The summed E-state index contributed by atoms with van der Waals surface area (Å²) in [6.45, 7) is 6.64. The van der Waals surface area contributed by atoms with Crippen LogP contribution in [0, 0.1) is 17.6 Å². The number of hydrogen-bond acceptors (Lipinski definition) is 0. The maximum absolute atomic E-state index is 3.30. The van der Waals surface area contributed by atoms with Crippen molar-refractivity contribution in [2.45, 2.75) is 33.6 Å². The van der Waals surface area contributed by atoms with Crippen molar-refractivity contribution >= 4 is 0 Å². The van der Waals surface area contributed by atoms with Gasteiger partial charge in [0.2, 0.25) is 0 Å².